The Balaban J connectivity index is 2.30. The van der Waals surface area contributed by atoms with E-state index in [2.05, 4.69) is 10.6 Å². The van der Waals surface area contributed by atoms with Gasteiger partial charge in [-0.05, 0) is 7.05 Å². The summed E-state index contributed by atoms with van der Waals surface area (Å²) >= 11 is 0. The van der Waals surface area contributed by atoms with E-state index in [4.69, 9.17) is 0 Å². The van der Waals surface area contributed by atoms with Gasteiger partial charge in [0.15, 0.2) is 0 Å². The largest absolute Gasteiger partial charge is 0.313 e. The molecule has 2 N–H and O–H groups in total. The molecule has 1 heterocycles. The summed E-state index contributed by atoms with van der Waals surface area (Å²) in [7, 11) is 1.78. The molecule has 0 spiro atoms. The van der Waals surface area contributed by atoms with Gasteiger partial charge in [-0.3, -0.25) is 0 Å². The van der Waals surface area contributed by atoms with Gasteiger partial charge in [-0.2, -0.15) is 0 Å². The molecule has 48 valence electrons. The maximum Gasteiger partial charge on any atom is 0.129 e. The van der Waals surface area contributed by atoms with Crippen molar-refractivity contribution in [2.75, 3.05) is 20.1 Å². The summed E-state index contributed by atoms with van der Waals surface area (Å²) in [5.41, 5.74) is 0. The van der Waals surface area contributed by atoms with Gasteiger partial charge < -0.3 is 10.6 Å². The highest BCUT2D eigenvalue weighted by molar-refractivity contribution is 4.85. The van der Waals surface area contributed by atoms with Crippen LogP contribution in [0.4, 0.5) is 4.39 Å². The average molecular weight is 118 g/mol. The van der Waals surface area contributed by atoms with E-state index in [0.717, 1.165) is 6.54 Å². The van der Waals surface area contributed by atoms with E-state index in [-0.39, 0.29) is 6.04 Å². The lowest BCUT2D eigenvalue weighted by atomic mass is 10.2. The van der Waals surface area contributed by atoms with E-state index < -0.39 is 6.17 Å². The van der Waals surface area contributed by atoms with Crippen molar-refractivity contribution in [3.8, 4) is 0 Å². The van der Waals surface area contributed by atoms with Gasteiger partial charge in [-0.25, -0.2) is 4.39 Å². The monoisotopic (exact) mass is 118 g/mol. The molecule has 8 heavy (non-hydrogen) atoms. The first kappa shape index (κ1) is 5.98. The van der Waals surface area contributed by atoms with Crippen molar-refractivity contribution in [1.82, 2.24) is 10.6 Å². The van der Waals surface area contributed by atoms with Crippen molar-refractivity contribution in [2.45, 2.75) is 12.2 Å². The molecule has 2 atom stereocenters. The summed E-state index contributed by atoms with van der Waals surface area (Å²) in [5.74, 6) is 0. The van der Waals surface area contributed by atoms with E-state index in [1.807, 2.05) is 0 Å². The van der Waals surface area contributed by atoms with Crippen LogP contribution < -0.4 is 10.6 Å². The fraction of sp³-hybridized carbons (Fsp3) is 1.00. The molecule has 1 aliphatic rings. The summed E-state index contributed by atoms with van der Waals surface area (Å²) in [4.78, 5) is 0. The highest BCUT2D eigenvalue weighted by Gasteiger charge is 2.24. The maximum atomic E-state index is 12.5. The van der Waals surface area contributed by atoms with Crippen LogP contribution in [0.2, 0.25) is 0 Å². The molecule has 0 radical (unpaired) electrons. The molecule has 0 aromatic heterocycles. The number of nitrogens with one attached hydrogen (secondary N) is 2. The van der Waals surface area contributed by atoms with Gasteiger partial charge >= 0.3 is 0 Å². The zero-order valence-corrected chi connectivity index (χ0v) is 4.95. The molecule has 0 saturated carbocycles. The minimum Gasteiger partial charge on any atom is -0.313 e. The predicted molar refractivity (Wildman–Crippen MR) is 30.6 cm³/mol. The van der Waals surface area contributed by atoms with Crippen LogP contribution in [0.15, 0.2) is 0 Å². The molecule has 1 saturated heterocycles. The molecule has 3 heteroatoms. The standard InChI is InChI=1S/C5H11FN2/c1-7-5-3-8-2-4(5)6/h4-5,7-8H,2-3H2,1H3/t4-,5+/m0/s1. The highest BCUT2D eigenvalue weighted by Crippen LogP contribution is 2.01. The minimum atomic E-state index is -0.694. The van der Waals surface area contributed by atoms with Gasteiger partial charge in [0.2, 0.25) is 0 Å². The van der Waals surface area contributed by atoms with Crippen LogP contribution in [-0.2, 0) is 0 Å². The predicted octanol–water partition coefficient (Wildman–Crippen LogP) is -0.484. The fourth-order valence-corrected chi connectivity index (χ4v) is 0.930. The lowest BCUT2D eigenvalue weighted by molar-refractivity contribution is 0.309. The lowest BCUT2D eigenvalue weighted by Gasteiger charge is -2.07. The minimum absolute atomic E-state index is 0.0370. The van der Waals surface area contributed by atoms with E-state index >= 15 is 0 Å². The second kappa shape index (κ2) is 2.42. The molecule has 1 rings (SSSR count). The SMILES string of the molecule is CN[C@@H]1CNC[C@@H]1F. The third kappa shape index (κ3) is 0.980. The smallest absolute Gasteiger partial charge is 0.129 e. The number of halogens is 1. The third-order valence-corrected chi connectivity index (χ3v) is 1.51. The van der Waals surface area contributed by atoms with Crippen molar-refractivity contribution < 1.29 is 4.39 Å². The van der Waals surface area contributed by atoms with Gasteiger partial charge in [0, 0.05) is 13.1 Å². The Bertz CT molecular complexity index is 76.8. The van der Waals surface area contributed by atoms with Crippen molar-refractivity contribution >= 4 is 0 Å². The summed E-state index contributed by atoms with van der Waals surface area (Å²) in [6.45, 7) is 1.27. The highest BCUT2D eigenvalue weighted by atomic mass is 19.1. The molecular weight excluding hydrogens is 107 g/mol. The van der Waals surface area contributed by atoms with E-state index in [0.29, 0.717) is 6.54 Å². The van der Waals surface area contributed by atoms with Crippen LogP contribution in [0.5, 0.6) is 0 Å². The third-order valence-electron chi connectivity index (χ3n) is 1.51. The molecule has 1 fully saturated rings. The summed E-state index contributed by atoms with van der Waals surface area (Å²) in [5, 5.41) is 5.81. The van der Waals surface area contributed by atoms with E-state index in [9.17, 15) is 4.39 Å². The number of hydrogen-bond donors (Lipinski definition) is 2. The molecule has 0 aromatic carbocycles. The van der Waals surface area contributed by atoms with Crippen molar-refractivity contribution in [1.29, 1.82) is 0 Å². The molecule has 2 nitrogen and oxygen atoms in total. The van der Waals surface area contributed by atoms with E-state index in [1.165, 1.54) is 0 Å². The van der Waals surface area contributed by atoms with Crippen LogP contribution in [0.25, 0.3) is 0 Å². The second-order valence-electron chi connectivity index (χ2n) is 2.07. The Kier molecular flexibility index (Phi) is 1.81. The summed E-state index contributed by atoms with van der Waals surface area (Å²) in [6.07, 6.45) is -0.694. The topological polar surface area (TPSA) is 24.1 Å². The number of alkyl halides is 1. The first-order valence-electron chi connectivity index (χ1n) is 2.86. The first-order valence-corrected chi connectivity index (χ1v) is 2.86. The van der Waals surface area contributed by atoms with Crippen LogP contribution in [0.3, 0.4) is 0 Å². The van der Waals surface area contributed by atoms with Gasteiger partial charge in [0.25, 0.3) is 0 Å². The molecule has 0 unspecified atom stereocenters. The molecule has 0 amide bonds. The van der Waals surface area contributed by atoms with Crippen LogP contribution >= 0.6 is 0 Å². The Hall–Kier alpha value is -0.150. The lowest BCUT2D eigenvalue weighted by Crippen LogP contribution is -2.33. The van der Waals surface area contributed by atoms with Crippen LogP contribution in [0, 0.1) is 0 Å². The number of rotatable bonds is 1. The molecule has 0 bridgehead atoms. The summed E-state index contributed by atoms with van der Waals surface area (Å²) in [6, 6.07) is 0.0370. The second-order valence-corrected chi connectivity index (χ2v) is 2.07. The Morgan fingerprint density at radius 1 is 1.62 bits per heavy atom. The van der Waals surface area contributed by atoms with Crippen LogP contribution in [-0.4, -0.2) is 32.4 Å². The van der Waals surface area contributed by atoms with Gasteiger partial charge in [-0.15, -0.1) is 0 Å². The van der Waals surface area contributed by atoms with Crippen LogP contribution in [0.1, 0.15) is 0 Å². The molecule has 0 aliphatic carbocycles. The van der Waals surface area contributed by atoms with Crippen molar-refractivity contribution in [3.05, 3.63) is 0 Å². The Morgan fingerprint density at radius 2 is 2.38 bits per heavy atom. The number of hydrogen-bond acceptors (Lipinski definition) is 2. The van der Waals surface area contributed by atoms with Crippen molar-refractivity contribution in [2.24, 2.45) is 0 Å². The maximum absolute atomic E-state index is 12.5. The molecular formula is C5H11FN2. The van der Waals surface area contributed by atoms with Gasteiger partial charge in [0.05, 0.1) is 6.04 Å². The Labute approximate surface area is 48.5 Å². The number of likely N-dealkylation sites (N-methyl/N-ethyl adjacent to an activating group) is 1. The quantitative estimate of drug-likeness (QED) is 0.485. The van der Waals surface area contributed by atoms with Crippen molar-refractivity contribution in [3.63, 3.8) is 0 Å². The fourth-order valence-electron chi connectivity index (χ4n) is 0.930. The van der Waals surface area contributed by atoms with Gasteiger partial charge in [-0.1, -0.05) is 0 Å². The normalized spacial score (nSPS) is 38.2. The van der Waals surface area contributed by atoms with Gasteiger partial charge in [0.1, 0.15) is 6.17 Å². The molecule has 1 aliphatic heterocycles. The zero-order valence-electron chi connectivity index (χ0n) is 4.95. The first-order chi connectivity index (χ1) is 3.84. The van der Waals surface area contributed by atoms with E-state index in [1.54, 1.807) is 7.05 Å². The summed E-state index contributed by atoms with van der Waals surface area (Å²) < 4.78 is 12.5. The zero-order chi connectivity index (χ0) is 5.98. The molecule has 0 aromatic rings. The Morgan fingerprint density at radius 3 is 2.62 bits per heavy atom. The average Bonchev–Trinajstić information content (AvgIpc) is 2.14.